The Labute approximate surface area is 319 Å². The average Bonchev–Trinajstić information content (AvgIpc) is 3.57. The number of aryl methyl sites for hydroxylation is 2. The highest BCUT2D eigenvalue weighted by molar-refractivity contribution is 14.1. The van der Waals surface area contributed by atoms with Crippen LogP contribution in [0.3, 0.4) is 0 Å². The van der Waals surface area contributed by atoms with Crippen molar-refractivity contribution in [2.45, 2.75) is 77.5 Å². The van der Waals surface area contributed by atoms with E-state index >= 15 is 0 Å². The topological polar surface area (TPSA) is 150 Å². The second-order valence-corrected chi connectivity index (χ2v) is 14.0. The number of aliphatic hydroxyl groups is 1. The lowest BCUT2D eigenvalue weighted by molar-refractivity contribution is -0.217. The summed E-state index contributed by atoms with van der Waals surface area (Å²) in [4.78, 5) is 40.2. The first-order chi connectivity index (χ1) is 25.2. The Morgan fingerprint density at radius 2 is 1.71 bits per heavy atom. The van der Waals surface area contributed by atoms with E-state index in [1.54, 1.807) is 12.4 Å². The number of rotatable bonds is 22. The van der Waals surface area contributed by atoms with E-state index in [0.717, 1.165) is 33.7 Å². The molecule has 1 spiro atoms. The number of alkyl halides is 1. The Kier molecular flexibility index (Phi) is 15.6. The van der Waals surface area contributed by atoms with Crippen molar-refractivity contribution in [3.63, 3.8) is 0 Å². The Bertz CT molecular complexity index is 1600. The summed E-state index contributed by atoms with van der Waals surface area (Å²) in [5.74, 6) is 0.739. The Balaban J connectivity index is 1.13. The lowest BCUT2D eigenvalue weighted by Gasteiger charge is -2.40. The first-order valence-electron chi connectivity index (χ1n) is 18.2. The van der Waals surface area contributed by atoms with Crippen molar-refractivity contribution < 1.29 is 38.4 Å². The first kappa shape index (κ1) is 40.4. The second kappa shape index (κ2) is 20.1. The number of hydrogen-bond donors (Lipinski definition) is 2. The number of aromatic nitrogens is 3. The van der Waals surface area contributed by atoms with Crippen LogP contribution in [0.4, 0.5) is 5.69 Å². The molecule has 1 atom stereocenters. The minimum absolute atomic E-state index is 0.0273. The van der Waals surface area contributed by atoms with Gasteiger partial charge in [-0.1, -0.05) is 28.7 Å². The van der Waals surface area contributed by atoms with Gasteiger partial charge in [-0.05, 0) is 69.4 Å². The van der Waals surface area contributed by atoms with Gasteiger partial charge in [-0.3, -0.25) is 19.5 Å². The lowest BCUT2D eigenvalue weighted by Crippen LogP contribution is -2.52. The molecule has 0 bridgehead atoms. The van der Waals surface area contributed by atoms with Gasteiger partial charge in [0.05, 0.1) is 91.8 Å². The fourth-order valence-electron chi connectivity index (χ4n) is 6.85. The fourth-order valence-corrected chi connectivity index (χ4v) is 7.16. The molecule has 1 aromatic carbocycles. The smallest absolute Gasteiger partial charge is 0.238 e. The van der Waals surface area contributed by atoms with E-state index < -0.39 is 11.8 Å². The van der Waals surface area contributed by atoms with Gasteiger partial charge >= 0.3 is 0 Å². The molecular weight excluding hydrogens is 783 g/mol. The number of benzene rings is 1. The number of nitrogens with zero attached hydrogens (tertiary/aromatic N) is 5. The van der Waals surface area contributed by atoms with Gasteiger partial charge in [-0.2, -0.15) is 0 Å². The fraction of sp³-hybridized carbons (Fsp3) is 0.622. The van der Waals surface area contributed by atoms with Crippen LogP contribution >= 0.6 is 22.6 Å². The van der Waals surface area contributed by atoms with Crippen LogP contribution < -0.4 is 10.2 Å². The van der Waals surface area contributed by atoms with Crippen LogP contribution in [-0.2, 0) is 51.8 Å². The third kappa shape index (κ3) is 10.5. The lowest BCUT2D eigenvalue weighted by atomic mass is 9.74. The molecule has 2 aromatic heterocycles. The van der Waals surface area contributed by atoms with E-state index in [4.69, 9.17) is 28.7 Å². The second-order valence-electron chi connectivity index (χ2n) is 13.4. The van der Waals surface area contributed by atoms with Gasteiger partial charge in [0.25, 0.3) is 0 Å². The van der Waals surface area contributed by atoms with Crippen molar-refractivity contribution in [3.05, 3.63) is 53.6 Å². The monoisotopic (exact) mass is 836 g/mol. The zero-order chi connectivity index (χ0) is 36.9. The zero-order valence-corrected chi connectivity index (χ0v) is 32.7. The Morgan fingerprint density at radius 3 is 2.40 bits per heavy atom. The van der Waals surface area contributed by atoms with Crippen molar-refractivity contribution in [1.29, 1.82) is 0 Å². The number of nitrogens with one attached hydrogen (secondary N) is 1. The Hall–Kier alpha value is -2.77. The van der Waals surface area contributed by atoms with Crippen LogP contribution in [0.2, 0.25) is 0 Å². The molecule has 2 amide bonds. The van der Waals surface area contributed by atoms with Crippen LogP contribution in [0.15, 0.2) is 36.7 Å². The maximum atomic E-state index is 14.4. The van der Waals surface area contributed by atoms with Gasteiger partial charge in [-0.15, -0.1) is 0 Å². The molecule has 286 valence electrons. The number of pyridine rings is 1. The number of likely N-dealkylation sites (tertiary alicyclic amines) is 1. The van der Waals surface area contributed by atoms with Crippen LogP contribution in [0, 0.1) is 6.92 Å². The van der Waals surface area contributed by atoms with Gasteiger partial charge in [-0.25, -0.2) is 4.98 Å². The van der Waals surface area contributed by atoms with E-state index in [1.807, 2.05) is 42.7 Å². The number of fused-ring (bicyclic) bond motifs is 3. The number of aliphatic hydroxyl groups excluding tert-OH is 1. The van der Waals surface area contributed by atoms with E-state index in [9.17, 15) is 14.7 Å². The molecule has 2 aliphatic rings. The minimum atomic E-state index is -1.00. The third-order valence-corrected chi connectivity index (χ3v) is 9.89. The molecule has 5 rings (SSSR count). The van der Waals surface area contributed by atoms with Gasteiger partial charge in [0.2, 0.25) is 18.2 Å². The quantitative estimate of drug-likeness (QED) is 0.0661. The Morgan fingerprint density at radius 1 is 1.02 bits per heavy atom. The summed E-state index contributed by atoms with van der Waals surface area (Å²) >= 11 is 2.15. The predicted molar refractivity (Wildman–Crippen MR) is 204 cm³/mol. The molecule has 1 saturated heterocycles. The molecule has 3 aromatic rings. The number of imidazole rings is 1. The molecule has 0 saturated carbocycles. The van der Waals surface area contributed by atoms with Crippen molar-refractivity contribution in [2.24, 2.45) is 0 Å². The van der Waals surface area contributed by atoms with Gasteiger partial charge < -0.3 is 43.6 Å². The maximum absolute atomic E-state index is 14.4. The van der Waals surface area contributed by atoms with Crippen molar-refractivity contribution in [1.82, 2.24) is 24.8 Å². The first-order valence-corrected chi connectivity index (χ1v) is 19.7. The van der Waals surface area contributed by atoms with E-state index in [-0.39, 0.29) is 24.5 Å². The molecule has 4 heterocycles. The van der Waals surface area contributed by atoms with Crippen LogP contribution in [0.25, 0.3) is 11.0 Å². The van der Waals surface area contributed by atoms with Crippen LogP contribution in [0.5, 0.6) is 0 Å². The molecule has 0 radical (unpaired) electrons. The molecular formula is C37H53IN6O8. The summed E-state index contributed by atoms with van der Waals surface area (Å²) in [6, 6.07) is 8.12. The van der Waals surface area contributed by atoms with E-state index in [2.05, 4.69) is 49.6 Å². The molecule has 1 fully saturated rings. The van der Waals surface area contributed by atoms with Crippen molar-refractivity contribution in [2.75, 3.05) is 75.4 Å². The number of halogens is 1. The summed E-state index contributed by atoms with van der Waals surface area (Å²) in [7, 11) is 0. The normalized spacial score (nSPS) is 16.3. The highest BCUT2D eigenvalue weighted by atomic mass is 127. The highest BCUT2D eigenvalue weighted by Crippen LogP contribution is 2.48. The summed E-state index contributed by atoms with van der Waals surface area (Å²) in [6.07, 6.45) is 4.48. The highest BCUT2D eigenvalue weighted by Gasteiger charge is 2.52. The molecule has 2 aliphatic heterocycles. The predicted octanol–water partition coefficient (Wildman–Crippen LogP) is 3.68. The maximum Gasteiger partial charge on any atom is 0.238 e. The van der Waals surface area contributed by atoms with Gasteiger partial charge in [0, 0.05) is 38.8 Å². The minimum Gasteiger partial charge on any atom is -0.377 e. The SMILES string of the molecule is Cc1ccc2c(c1)nc(CN1C(=O)C3(CCN(C(O)OC(C)C)CC3)c3ccncc31)n2CCCC(=O)NCCOCCOCCOCCOCI. The number of piperidine rings is 1. The molecule has 15 heteroatoms. The standard InChI is InChI=1S/C37H53IN6O8/c1-27(2)52-36(47)42-14-9-37(10-15-42)29-8-11-39-24-32(29)44(35(37)46)25-33-41-30-23-28(3)6-7-31(30)43(33)13-4-5-34(45)40-12-16-48-17-18-49-19-20-50-21-22-51-26-38/h6-8,11,23-24,27,36,47H,4-5,9-10,12-22,25-26H2,1-3H3,(H,40,45). The molecule has 0 aliphatic carbocycles. The molecule has 1 unspecified atom stereocenters. The number of ether oxygens (including phenoxy) is 5. The average molecular weight is 837 g/mol. The van der Waals surface area contributed by atoms with Gasteiger partial charge in [0.15, 0.2) is 0 Å². The van der Waals surface area contributed by atoms with Crippen molar-refractivity contribution in [3.8, 4) is 0 Å². The van der Waals surface area contributed by atoms with Crippen LogP contribution in [0.1, 0.15) is 56.5 Å². The molecule has 52 heavy (non-hydrogen) atoms. The number of carbonyl (C=O) groups is 2. The van der Waals surface area contributed by atoms with E-state index in [1.165, 1.54) is 0 Å². The number of amides is 2. The number of carbonyl (C=O) groups excluding carboxylic acids is 2. The summed E-state index contributed by atoms with van der Waals surface area (Å²) in [5.41, 5.74) is 3.98. The van der Waals surface area contributed by atoms with E-state index in [0.29, 0.717) is 103 Å². The number of hydrogen-bond acceptors (Lipinski definition) is 11. The summed E-state index contributed by atoms with van der Waals surface area (Å²) in [6.45, 7) is 11.6. The largest absolute Gasteiger partial charge is 0.377 e. The number of anilines is 1. The van der Waals surface area contributed by atoms with Gasteiger partial charge in [0.1, 0.15) is 5.82 Å². The van der Waals surface area contributed by atoms with Crippen LogP contribution in [-0.4, -0.2) is 119 Å². The van der Waals surface area contributed by atoms with Crippen molar-refractivity contribution >= 4 is 51.1 Å². The summed E-state index contributed by atoms with van der Waals surface area (Å²) < 4.78 is 30.1. The zero-order valence-electron chi connectivity index (χ0n) is 30.6. The third-order valence-electron chi connectivity index (χ3n) is 9.45. The molecule has 14 nitrogen and oxygen atoms in total. The molecule has 2 N–H and O–H groups in total. The summed E-state index contributed by atoms with van der Waals surface area (Å²) in [5, 5.41) is 13.5.